The van der Waals surface area contributed by atoms with E-state index in [0.29, 0.717) is 10.9 Å². The number of benzene rings is 1. The van der Waals surface area contributed by atoms with E-state index in [1.165, 1.54) is 18.2 Å². The summed E-state index contributed by atoms with van der Waals surface area (Å²) in [6.07, 6.45) is 0.432. The summed E-state index contributed by atoms with van der Waals surface area (Å²) in [5.41, 5.74) is 0.0604. The fourth-order valence-electron chi connectivity index (χ4n) is 1.38. The lowest BCUT2D eigenvalue weighted by atomic mass is 10.1. The van der Waals surface area contributed by atoms with E-state index in [1.807, 2.05) is 0 Å². The number of aliphatic hydroxyl groups excluding tert-OH is 1. The number of hydrogen-bond donors (Lipinski definition) is 2. The van der Waals surface area contributed by atoms with Gasteiger partial charge in [0.2, 0.25) is 0 Å². The van der Waals surface area contributed by atoms with Crippen molar-refractivity contribution in [2.24, 2.45) is 0 Å². The second-order valence-electron chi connectivity index (χ2n) is 3.84. The van der Waals surface area contributed by atoms with E-state index in [1.54, 1.807) is 6.92 Å². The molecule has 0 heterocycles. The first-order chi connectivity index (χ1) is 8.43. The Balaban J connectivity index is 2.88. The highest BCUT2D eigenvalue weighted by Crippen LogP contribution is 2.21. The first-order valence-corrected chi connectivity index (χ1v) is 6.10. The highest BCUT2D eigenvalue weighted by molar-refractivity contribution is 9.10. The Labute approximate surface area is 112 Å². The summed E-state index contributed by atoms with van der Waals surface area (Å²) in [4.78, 5) is 21.9. The second-order valence-corrected chi connectivity index (χ2v) is 4.76. The van der Waals surface area contributed by atoms with Crippen LogP contribution in [-0.2, 0) is 0 Å². The molecule has 1 amide bonds. The molecule has 0 fully saturated rings. The van der Waals surface area contributed by atoms with Gasteiger partial charge < -0.3 is 10.4 Å². The molecule has 0 saturated carbocycles. The molecule has 18 heavy (non-hydrogen) atoms. The van der Waals surface area contributed by atoms with Gasteiger partial charge >= 0.3 is 0 Å². The minimum Gasteiger partial charge on any atom is -0.396 e. The topological polar surface area (TPSA) is 92.5 Å². The summed E-state index contributed by atoms with van der Waals surface area (Å²) in [6.45, 7) is 1.72. The molecule has 0 radical (unpaired) electrons. The third-order valence-corrected chi connectivity index (χ3v) is 2.75. The van der Waals surface area contributed by atoms with Crippen LogP contribution >= 0.6 is 15.9 Å². The van der Waals surface area contributed by atoms with Crippen molar-refractivity contribution in [2.75, 3.05) is 6.61 Å². The molecule has 0 aliphatic rings. The number of nitro benzene ring substituents is 1. The molecule has 1 atom stereocenters. The van der Waals surface area contributed by atoms with Crippen molar-refractivity contribution in [3.63, 3.8) is 0 Å². The molecule has 1 rings (SSSR count). The first-order valence-electron chi connectivity index (χ1n) is 5.30. The van der Waals surface area contributed by atoms with Crippen LogP contribution in [0.15, 0.2) is 22.7 Å². The Kier molecular flexibility index (Phi) is 5.24. The van der Waals surface area contributed by atoms with Gasteiger partial charge in [0.05, 0.1) is 4.92 Å². The zero-order valence-corrected chi connectivity index (χ0v) is 11.3. The number of nitrogens with one attached hydrogen (secondary N) is 1. The highest BCUT2D eigenvalue weighted by Gasteiger charge is 2.15. The van der Waals surface area contributed by atoms with Gasteiger partial charge in [-0.25, -0.2) is 0 Å². The van der Waals surface area contributed by atoms with Gasteiger partial charge in [-0.2, -0.15) is 0 Å². The fraction of sp³-hybridized carbons (Fsp3) is 0.364. The molecule has 0 aliphatic heterocycles. The van der Waals surface area contributed by atoms with Crippen LogP contribution in [0.3, 0.4) is 0 Å². The molecule has 0 aromatic heterocycles. The SMILES string of the molecule is CC(CCO)NC(=O)c1cc(Br)cc([N+](=O)[O-])c1. The summed E-state index contributed by atoms with van der Waals surface area (Å²) in [5, 5.41) is 22.1. The zero-order chi connectivity index (χ0) is 13.7. The molecule has 0 spiro atoms. The molecule has 0 saturated heterocycles. The summed E-state index contributed by atoms with van der Waals surface area (Å²) in [7, 11) is 0. The predicted molar refractivity (Wildman–Crippen MR) is 69.4 cm³/mol. The second kappa shape index (κ2) is 6.46. The van der Waals surface area contributed by atoms with Crippen LogP contribution in [0.5, 0.6) is 0 Å². The van der Waals surface area contributed by atoms with Crippen molar-refractivity contribution in [1.29, 1.82) is 0 Å². The van der Waals surface area contributed by atoms with Crippen LogP contribution < -0.4 is 5.32 Å². The van der Waals surface area contributed by atoms with E-state index < -0.39 is 10.8 Å². The van der Waals surface area contributed by atoms with Crippen LogP contribution in [0, 0.1) is 10.1 Å². The lowest BCUT2D eigenvalue weighted by Crippen LogP contribution is -2.33. The summed E-state index contributed by atoms with van der Waals surface area (Å²) in [6, 6.07) is 3.86. The summed E-state index contributed by atoms with van der Waals surface area (Å²) in [5.74, 6) is -0.402. The number of nitro groups is 1. The van der Waals surface area contributed by atoms with Crippen molar-refractivity contribution >= 4 is 27.5 Å². The minimum atomic E-state index is -0.557. The number of carbonyl (C=O) groups excluding carboxylic acids is 1. The molecule has 1 unspecified atom stereocenters. The number of amides is 1. The van der Waals surface area contributed by atoms with E-state index in [2.05, 4.69) is 21.2 Å². The quantitative estimate of drug-likeness (QED) is 0.640. The van der Waals surface area contributed by atoms with Crippen LogP contribution in [0.4, 0.5) is 5.69 Å². The third-order valence-electron chi connectivity index (χ3n) is 2.30. The Bertz CT molecular complexity index is 464. The molecule has 1 aromatic rings. The predicted octanol–water partition coefficient (Wildman–Crippen LogP) is 1.86. The lowest BCUT2D eigenvalue weighted by Gasteiger charge is -2.12. The molecule has 1 aromatic carbocycles. The minimum absolute atomic E-state index is 0.0277. The largest absolute Gasteiger partial charge is 0.396 e. The fourth-order valence-corrected chi connectivity index (χ4v) is 1.86. The third kappa shape index (κ3) is 4.08. The van der Waals surface area contributed by atoms with Gasteiger partial charge in [-0.15, -0.1) is 0 Å². The molecule has 7 heteroatoms. The van der Waals surface area contributed by atoms with Crippen molar-refractivity contribution < 1.29 is 14.8 Å². The van der Waals surface area contributed by atoms with E-state index >= 15 is 0 Å². The maximum absolute atomic E-state index is 11.8. The Morgan fingerprint density at radius 2 is 2.22 bits per heavy atom. The number of aliphatic hydroxyl groups is 1. The van der Waals surface area contributed by atoms with E-state index in [9.17, 15) is 14.9 Å². The maximum atomic E-state index is 11.8. The number of nitrogens with zero attached hydrogens (tertiary/aromatic N) is 1. The number of hydrogen-bond acceptors (Lipinski definition) is 4. The summed E-state index contributed by atoms with van der Waals surface area (Å²) < 4.78 is 0.469. The molecule has 6 nitrogen and oxygen atoms in total. The Morgan fingerprint density at radius 1 is 1.56 bits per heavy atom. The summed E-state index contributed by atoms with van der Waals surface area (Å²) >= 11 is 3.12. The van der Waals surface area contributed by atoms with Crippen LogP contribution in [-0.4, -0.2) is 28.6 Å². The Hall–Kier alpha value is -1.47. The van der Waals surface area contributed by atoms with Gasteiger partial charge in [0.15, 0.2) is 0 Å². The molecule has 0 bridgehead atoms. The lowest BCUT2D eigenvalue weighted by molar-refractivity contribution is -0.385. The molecule has 2 N–H and O–H groups in total. The number of non-ortho nitro benzene ring substituents is 1. The average Bonchev–Trinajstić information content (AvgIpc) is 2.28. The van der Waals surface area contributed by atoms with Crippen molar-refractivity contribution in [1.82, 2.24) is 5.32 Å². The molecule has 0 aliphatic carbocycles. The molecular formula is C11H13BrN2O4. The van der Waals surface area contributed by atoms with Gasteiger partial charge in [-0.1, -0.05) is 15.9 Å². The van der Waals surface area contributed by atoms with Crippen molar-refractivity contribution in [3.05, 3.63) is 38.3 Å². The van der Waals surface area contributed by atoms with Crippen LogP contribution in [0.25, 0.3) is 0 Å². The number of rotatable bonds is 5. The smallest absolute Gasteiger partial charge is 0.271 e. The monoisotopic (exact) mass is 316 g/mol. The first kappa shape index (κ1) is 14.6. The highest BCUT2D eigenvalue weighted by atomic mass is 79.9. The maximum Gasteiger partial charge on any atom is 0.271 e. The standard InChI is InChI=1S/C11H13BrN2O4/c1-7(2-3-15)13-11(16)8-4-9(12)6-10(5-8)14(17)18/h4-7,15H,2-3H2,1H3,(H,13,16). The van der Waals surface area contributed by atoms with Gasteiger partial charge in [-0.05, 0) is 19.4 Å². The average molecular weight is 317 g/mol. The van der Waals surface area contributed by atoms with Gasteiger partial charge in [0.25, 0.3) is 11.6 Å². The molecular weight excluding hydrogens is 304 g/mol. The van der Waals surface area contributed by atoms with Crippen LogP contribution in [0.1, 0.15) is 23.7 Å². The van der Waals surface area contributed by atoms with E-state index in [0.717, 1.165) is 0 Å². The van der Waals surface area contributed by atoms with Gasteiger partial charge in [0.1, 0.15) is 0 Å². The Morgan fingerprint density at radius 3 is 2.78 bits per heavy atom. The number of carbonyl (C=O) groups is 1. The van der Waals surface area contributed by atoms with Gasteiger partial charge in [0, 0.05) is 34.8 Å². The van der Waals surface area contributed by atoms with Gasteiger partial charge in [-0.3, -0.25) is 14.9 Å². The van der Waals surface area contributed by atoms with E-state index in [4.69, 9.17) is 5.11 Å². The van der Waals surface area contributed by atoms with Crippen molar-refractivity contribution in [2.45, 2.75) is 19.4 Å². The van der Waals surface area contributed by atoms with Crippen molar-refractivity contribution in [3.8, 4) is 0 Å². The number of halogens is 1. The zero-order valence-electron chi connectivity index (χ0n) is 9.72. The van der Waals surface area contributed by atoms with E-state index in [-0.39, 0.29) is 23.9 Å². The molecule has 98 valence electrons. The van der Waals surface area contributed by atoms with Crippen LogP contribution in [0.2, 0.25) is 0 Å². The normalized spacial score (nSPS) is 11.9.